The van der Waals surface area contributed by atoms with Crippen LogP contribution in [0.25, 0.3) is 17.3 Å². The molecule has 5 heteroatoms. The monoisotopic (exact) mass is 322 g/mol. The summed E-state index contributed by atoms with van der Waals surface area (Å²) in [5.41, 5.74) is 6.13. The van der Waals surface area contributed by atoms with Crippen LogP contribution in [0, 0.1) is 0 Å². The summed E-state index contributed by atoms with van der Waals surface area (Å²) in [6.45, 7) is 3.60. The maximum absolute atomic E-state index is 12.2. The number of pyridine rings is 1. The molecule has 0 aromatic carbocycles. The summed E-state index contributed by atoms with van der Waals surface area (Å²) in [4.78, 5) is 16.8. The highest BCUT2D eigenvalue weighted by molar-refractivity contribution is 5.97. The third-order valence-corrected chi connectivity index (χ3v) is 4.79. The number of unbranched alkanes of at least 4 members (excludes halogenated alkanes) is 2. The maximum atomic E-state index is 12.2. The van der Waals surface area contributed by atoms with Gasteiger partial charge in [-0.25, -0.2) is 0 Å². The molecule has 1 aliphatic heterocycles. The van der Waals surface area contributed by atoms with Gasteiger partial charge in [0, 0.05) is 23.9 Å². The minimum atomic E-state index is 0.00666. The van der Waals surface area contributed by atoms with E-state index in [9.17, 15) is 4.79 Å². The number of nitrogens with one attached hydrogen (secondary N) is 1. The zero-order valence-corrected chi connectivity index (χ0v) is 14.0. The lowest BCUT2D eigenvalue weighted by Gasteiger charge is -2.17. The van der Waals surface area contributed by atoms with Gasteiger partial charge in [0.05, 0.1) is 17.9 Å². The van der Waals surface area contributed by atoms with E-state index in [2.05, 4.69) is 35.4 Å². The van der Waals surface area contributed by atoms with Crippen molar-refractivity contribution in [3.63, 3.8) is 0 Å². The summed E-state index contributed by atoms with van der Waals surface area (Å²) in [5, 5.41) is 7.66. The lowest BCUT2D eigenvalue weighted by atomic mass is 9.89. The summed E-state index contributed by atoms with van der Waals surface area (Å²) in [5.74, 6) is 0.00666. The molecule has 2 aromatic rings. The molecule has 3 heterocycles. The first kappa shape index (κ1) is 15.1. The highest BCUT2D eigenvalue weighted by Crippen LogP contribution is 2.35. The first-order valence-electron chi connectivity index (χ1n) is 8.81. The third kappa shape index (κ3) is 2.54. The van der Waals surface area contributed by atoms with Crippen LogP contribution in [0.15, 0.2) is 18.3 Å². The number of rotatable bonds is 4. The fraction of sp³-hybridized carbons (Fsp3) is 0.421. The number of hydrogen-bond acceptors (Lipinski definition) is 3. The number of aryl methyl sites for hydroxylation is 1. The molecule has 0 spiro atoms. The Bertz CT molecular complexity index is 819. The largest absolute Gasteiger partial charge is 0.349 e. The molecule has 1 amide bonds. The van der Waals surface area contributed by atoms with Gasteiger partial charge in [-0.15, -0.1) is 0 Å². The van der Waals surface area contributed by atoms with Crippen molar-refractivity contribution in [2.45, 2.75) is 45.6 Å². The summed E-state index contributed by atoms with van der Waals surface area (Å²) in [6, 6.07) is 2.12. The van der Waals surface area contributed by atoms with Gasteiger partial charge in [0.25, 0.3) is 5.91 Å². The zero-order chi connectivity index (χ0) is 16.5. The van der Waals surface area contributed by atoms with Crippen LogP contribution in [0.1, 0.15) is 53.5 Å². The molecule has 1 N–H and O–H groups in total. The number of hydrogen-bond donors (Lipinski definition) is 1. The SMILES string of the molecule is CCCC/C=C/c1cc2c(cn1)CCc1c-2nn2c1C(=O)NCC2. The van der Waals surface area contributed by atoms with E-state index in [1.165, 1.54) is 18.4 Å². The van der Waals surface area contributed by atoms with Crippen LogP contribution in [0.4, 0.5) is 0 Å². The smallest absolute Gasteiger partial charge is 0.269 e. The van der Waals surface area contributed by atoms with E-state index in [1.807, 2.05) is 10.9 Å². The molecule has 0 bridgehead atoms. The lowest BCUT2D eigenvalue weighted by Crippen LogP contribution is -2.36. The Hall–Kier alpha value is -2.43. The second-order valence-electron chi connectivity index (χ2n) is 6.47. The number of aromatic nitrogens is 3. The van der Waals surface area contributed by atoms with Crippen LogP contribution < -0.4 is 5.32 Å². The molecule has 2 aliphatic rings. The van der Waals surface area contributed by atoms with E-state index in [1.54, 1.807) is 0 Å². The molecule has 124 valence electrons. The third-order valence-electron chi connectivity index (χ3n) is 4.79. The molecular formula is C19H22N4O. The van der Waals surface area contributed by atoms with Crippen molar-refractivity contribution < 1.29 is 4.79 Å². The average Bonchev–Trinajstić information content (AvgIpc) is 2.99. The van der Waals surface area contributed by atoms with Gasteiger partial charge in [0.15, 0.2) is 0 Å². The Labute approximate surface area is 141 Å². The number of carbonyl (C=O) groups is 1. The molecule has 0 unspecified atom stereocenters. The molecule has 2 aromatic heterocycles. The van der Waals surface area contributed by atoms with Crippen molar-refractivity contribution in [2.24, 2.45) is 0 Å². The first-order chi connectivity index (χ1) is 11.8. The summed E-state index contributed by atoms with van der Waals surface area (Å²) >= 11 is 0. The molecule has 5 nitrogen and oxygen atoms in total. The standard InChI is InChI=1S/C19H22N4O/c1-2-3-4-5-6-14-11-16-13(12-21-14)7-8-15-17(16)22-23-10-9-20-19(24)18(15)23/h5-6,11-12H,2-4,7-10H2,1H3,(H,20,24)/b6-5+. The molecule has 0 atom stereocenters. The second kappa shape index (κ2) is 6.23. The van der Waals surface area contributed by atoms with Gasteiger partial charge < -0.3 is 5.32 Å². The quantitative estimate of drug-likeness (QED) is 0.880. The molecule has 0 fully saturated rings. The Morgan fingerprint density at radius 3 is 3.17 bits per heavy atom. The van der Waals surface area contributed by atoms with E-state index in [-0.39, 0.29) is 5.91 Å². The number of allylic oxidation sites excluding steroid dienone is 1. The summed E-state index contributed by atoms with van der Waals surface area (Å²) in [6.07, 6.45) is 11.5. The van der Waals surface area contributed by atoms with Crippen LogP contribution in [0.5, 0.6) is 0 Å². The van der Waals surface area contributed by atoms with Crippen molar-refractivity contribution in [1.29, 1.82) is 0 Å². The normalized spacial score (nSPS) is 15.8. The van der Waals surface area contributed by atoms with Gasteiger partial charge in [-0.05, 0) is 37.0 Å². The van der Waals surface area contributed by atoms with Gasteiger partial charge in [-0.2, -0.15) is 5.10 Å². The van der Waals surface area contributed by atoms with Crippen LogP contribution >= 0.6 is 0 Å². The Morgan fingerprint density at radius 1 is 1.38 bits per heavy atom. The van der Waals surface area contributed by atoms with Crippen LogP contribution in [-0.4, -0.2) is 27.2 Å². The first-order valence-corrected chi connectivity index (χ1v) is 8.81. The Kier molecular flexibility index (Phi) is 3.92. The molecule has 0 saturated carbocycles. The van der Waals surface area contributed by atoms with Gasteiger partial charge in [0.1, 0.15) is 5.69 Å². The average molecular weight is 322 g/mol. The molecule has 24 heavy (non-hydrogen) atoms. The summed E-state index contributed by atoms with van der Waals surface area (Å²) < 4.78 is 1.87. The van der Waals surface area contributed by atoms with Crippen LogP contribution in [0.3, 0.4) is 0 Å². The molecular weight excluding hydrogens is 300 g/mol. The predicted octanol–water partition coefficient (Wildman–Crippen LogP) is 2.99. The lowest BCUT2D eigenvalue weighted by molar-refractivity contribution is 0.0923. The molecule has 4 rings (SSSR count). The Balaban J connectivity index is 1.72. The number of nitrogens with zero attached hydrogens (tertiary/aromatic N) is 3. The minimum absolute atomic E-state index is 0.00666. The maximum Gasteiger partial charge on any atom is 0.269 e. The zero-order valence-electron chi connectivity index (χ0n) is 14.0. The van der Waals surface area contributed by atoms with Gasteiger partial charge >= 0.3 is 0 Å². The van der Waals surface area contributed by atoms with E-state index in [0.29, 0.717) is 6.54 Å². The van der Waals surface area contributed by atoms with Gasteiger partial charge in [-0.1, -0.05) is 25.8 Å². The van der Waals surface area contributed by atoms with Crippen molar-refractivity contribution in [1.82, 2.24) is 20.1 Å². The van der Waals surface area contributed by atoms with E-state index >= 15 is 0 Å². The fourth-order valence-electron chi connectivity index (χ4n) is 3.52. The minimum Gasteiger partial charge on any atom is -0.349 e. The van der Waals surface area contributed by atoms with Crippen molar-refractivity contribution in [3.05, 3.63) is 40.9 Å². The van der Waals surface area contributed by atoms with Crippen molar-refractivity contribution >= 4 is 12.0 Å². The molecule has 0 radical (unpaired) electrons. The topological polar surface area (TPSA) is 59.8 Å². The van der Waals surface area contributed by atoms with Crippen LogP contribution in [0.2, 0.25) is 0 Å². The van der Waals surface area contributed by atoms with Crippen molar-refractivity contribution in [2.75, 3.05) is 6.54 Å². The predicted molar refractivity (Wildman–Crippen MR) is 93.8 cm³/mol. The van der Waals surface area contributed by atoms with E-state index in [0.717, 1.165) is 54.0 Å². The van der Waals surface area contributed by atoms with E-state index in [4.69, 9.17) is 5.10 Å². The highest BCUT2D eigenvalue weighted by atomic mass is 16.2. The Morgan fingerprint density at radius 2 is 2.29 bits per heavy atom. The fourth-order valence-corrected chi connectivity index (χ4v) is 3.52. The molecule has 1 aliphatic carbocycles. The molecule has 0 saturated heterocycles. The van der Waals surface area contributed by atoms with E-state index < -0.39 is 0 Å². The number of amides is 1. The van der Waals surface area contributed by atoms with Crippen molar-refractivity contribution in [3.8, 4) is 11.3 Å². The van der Waals surface area contributed by atoms with Gasteiger partial charge in [0.2, 0.25) is 0 Å². The second-order valence-corrected chi connectivity index (χ2v) is 6.47. The van der Waals surface area contributed by atoms with Crippen LogP contribution in [-0.2, 0) is 19.4 Å². The van der Waals surface area contributed by atoms with Gasteiger partial charge in [-0.3, -0.25) is 14.5 Å². The highest BCUT2D eigenvalue weighted by Gasteiger charge is 2.30. The number of fused-ring (bicyclic) bond motifs is 5. The number of carbonyl (C=O) groups excluding carboxylic acids is 1. The summed E-state index contributed by atoms with van der Waals surface area (Å²) in [7, 11) is 0.